The van der Waals surface area contributed by atoms with E-state index < -0.39 is 15.7 Å². The van der Waals surface area contributed by atoms with Gasteiger partial charge in [-0.25, -0.2) is 8.42 Å². The lowest BCUT2D eigenvalue weighted by atomic mass is 10.1. The number of anilines is 1. The summed E-state index contributed by atoms with van der Waals surface area (Å²) in [6.07, 6.45) is 2.57. The number of aromatic amines is 1. The molecule has 4 N–H and O–H groups in total. The molecule has 0 saturated carbocycles. The van der Waals surface area contributed by atoms with Crippen LogP contribution in [0.25, 0.3) is 0 Å². The number of nitrogen functional groups attached to an aromatic ring is 1. The Balaban J connectivity index is 2.02. The predicted molar refractivity (Wildman–Crippen MR) is 62.1 cm³/mol. The van der Waals surface area contributed by atoms with E-state index in [9.17, 15) is 13.2 Å². The molecule has 1 aromatic heterocycles. The van der Waals surface area contributed by atoms with Gasteiger partial charge in [0.05, 0.1) is 17.7 Å². The second-order valence-corrected chi connectivity index (χ2v) is 6.35. The number of carbonyl (C=O) groups excluding carboxylic acids is 1. The molecule has 0 bridgehead atoms. The average Bonchev–Trinajstić information content (AvgIpc) is 2.62. The maximum Gasteiger partial charge on any atom is 0.256 e. The first-order valence-corrected chi connectivity index (χ1v) is 7.10. The van der Waals surface area contributed by atoms with Gasteiger partial charge in [0.25, 0.3) is 5.91 Å². The van der Waals surface area contributed by atoms with E-state index >= 15 is 0 Å². The van der Waals surface area contributed by atoms with E-state index in [1.807, 2.05) is 0 Å². The molecule has 1 unspecified atom stereocenters. The van der Waals surface area contributed by atoms with Crippen LogP contribution in [0.3, 0.4) is 0 Å². The van der Waals surface area contributed by atoms with Gasteiger partial charge in [-0.05, 0) is 12.8 Å². The summed E-state index contributed by atoms with van der Waals surface area (Å²) in [5.74, 6) is -0.0107. The van der Waals surface area contributed by atoms with Crippen molar-refractivity contribution in [1.82, 2.24) is 15.5 Å². The topological polar surface area (TPSA) is 118 Å². The quantitative estimate of drug-likeness (QED) is 0.648. The van der Waals surface area contributed by atoms with Crippen molar-refractivity contribution in [3.8, 4) is 0 Å². The predicted octanol–water partition coefficient (Wildman–Crippen LogP) is -0.701. The fourth-order valence-corrected chi connectivity index (χ4v) is 3.51. The molecule has 1 saturated heterocycles. The molecule has 1 aliphatic rings. The molecule has 8 heteroatoms. The van der Waals surface area contributed by atoms with Gasteiger partial charge in [0.2, 0.25) is 0 Å². The molecule has 7 nitrogen and oxygen atoms in total. The number of hydrogen-bond donors (Lipinski definition) is 3. The van der Waals surface area contributed by atoms with Crippen LogP contribution in [0.1, 0.15) is 23.2 Å². The molecule has 17 heavy (non-hydrogen) atoms. The molecule has 1 aliphatic heterocycles. The Hall–Kier alpha value is -1.57. The van der Waals surface area contributed by atoms with Crippen LogP contribution in [0.5, 0.6) is 0 Å². The minimum Gasteiger partial charge on any atom is -0.383 e. The Labute approximate surface area is 98.7 Å². The van der Waals surface area contributed by atoms with Crippen molar-refractivity contribution in [3.05, 3.63) is 11.8 Å². The Kier molecular flexibility index (Phi) is 3.05. The maximum absolute atomic E-state index is 11.8. The minimum atomic E-state index is -3.03. The van der Waals surface area contributed by atoms with E-state index in [2.05, 4.69) is 15.5 Å². The number of aromatic nitrogens is 2. The van der Waals surface area contributed by atoms with Crippen LogP contribution in [0.15, 0.2) is 6.20 Å². The van der Waals surface area contributed by atoms with Gasteiger partial charge < -0.3 is 11.1 Å². The molecule has 1 aromatic rings. The number of sulfone groups is 1. The highest BCUT2D eigenvalue weighted by atomic mass is 32.2. The van der Waals surface area contributed by atoms with Crippen LogP contribution < -0.4 is 11.1 Å². The summed E-state index contributed by atoms with van der Waals surface area (Å²) in [5, 5.41) is 8.75. The molecule has 2 heterocycles. The number of rotatable bonds is 2. The zero-order chi connectivity index (χ0) is 12.5. The third-order valence-electron chi connectivity index (χ3n) is 2.71. The first kappa shape index (κ1) is 11.9. The minimum absolute atomic E-state index is 0.00348. The number of amides is 1. The Bertz CT molecular complexity index is 522. The number of carbonyl (C=O) groups is 1. The third-order valence-corrected chi connectivity index (χ3v) is 4.53. The molecule has 0 aliphatic carbocycles. The smallest absolute Gasteiger partial charge is 0.256 e. The number of nitrogens with zero attached hydrogens (tertiary/aromatic N) is 1. The first-order chi connectivity index (χ1) is 7.98. The van der Waals surface area contributed by atoms with E-state index in [0.717, 1.165) is 0 Å². The average molecular weight is 258 g/mol. The molecule has 0 aromatic carbocycles. The van der Waals surface area contributed by atoms with Crippen LogP contribution in [0.4, 0.5) is 5.82 Å². The Morgan fingerprint density at radius 1 is 1.59 bits per heavy atom. The summed E-state index contributed by atoms with van der Waals surface area (Å²) in [5.41, 5.74) is 5.75. The van der Waals surface area contributed by atoms with Crippen molar-refractivity contribution in [2.75, 3.05) is 17.2 Å². The Morgan fingerprint density at radius 2 is 2.35 bits per heavy atom. The summed E-state index contributed by atoms with van der Waals surface area (Å²) < 4.78 is 22.8. The van der Waals surface area contributed by atoms with E-state index in [1.54, 1.807) is 0 Å². The zero-order valence-corrected chi connectivity index (χ0v) is 9.96. The van der Waals surface area contributed by atoms with Gasteiger partial charge in [-0.2, -0.15) is 5.10 Å². The van der Waals surface area contributed by atoms with Crippen molar-refractivity contribution in [3.63, 3.8) is 0 Å². The molecule has 1 amide bonds. The molecule has 94 valence electrons. The van der Waals surface area contributed by atoms with Gasteiger partial charge in [0.15, 0.2) is 9.84 Å². The van der Waals surface area contributed by atoms with Crippen LogP contribution in [0.2, 0.25) is 0 Å². The van der Waals surface area contributed by atoms with Crippen LogP contribution in [0, 0.1) is 0 Å². The van der Waals surface area contributed by atoms with E-state index in [1.165, 1.54) is 6.20 Å². The molecule has 0 radical (unpaired) electrons. The lowest BCUT2D eigenvalue weighted by Gasteiger charge is -2.22. The Morgan fingerprint density at radius 3 is 2.94 bits per heavy atom. The first-order valence-electron chi connectivity index (χ1n) is 5.28. The van der Waals surface area contributed by atoms with Crippen LogP contribution in [-0.4, -0.2) is 42.1 Å². The number of hydrogen-bond acceptors (Lipinski definition) is 5. The molecular weight excluding hydrogens is 244 g/mol. The second kappa shape index (κ2) is 4.36. The summed E-state index contributed by atoms with van der Waals surface area (Å²) in [7, 11) is -3.03. The number of nitrogens with one attached hydrogen (secondary N) is 2. The van der Waals surface area contributed by atoms with Crippen molar-refractivity contribution in [1.29, 1.82) is 0 Å². The molecular formula is C9H14N4O3S. The molecule has 2 rings (SSSR count). The highest BCUT2D eigenvalue weighted by Gasteiger charge is 2.26. The fraction of sp³-hybridized carbons (Fsp3) is 0.556. The van der Waals surface area contributed by atoms with Crippen molar-refractivity contribution < 1.29 is 13.2 Å². The van der Waals surface area contributed by atoms with E-state index in [4.69, 9.17) is 5.73 Å². The highest BCUT2D eigenvalue weighted by molar-refractivity contribution is 7.91. The highest BCUT2D eigenvalue weighted by Crippen LogP contribution is 2.13. The normalized spacial score (nSPS) is 23.2. The lowest BCUT2D eigenvalue weighted by molar-refractivity contribution is 0.0939. The molecule has 1 atom stereocenters. The second-order valence-electron chi connectivity index (χ2n) is 4.12. The lowest BCUT2D eigenvalue weighted by Crippen LogP contribution is -2.43. The molecule has 1 fully saturated rings. The van der Waals surface area contributed by atoms with E-state index in [-0.39, 0.29) is 28.9 Å². The van der Waals surface area contributed by atoms with Crippen molar-refractivity contribution >= 4 is 21.6 Å². The SMILES string of the molecule is Nc1[nH]ncc1C(=O)NC1CCCS(=O)(=O)C1. The maximum atomic E-state index is 11.8. The van der Waals surface area contributed by atoms with Crippen LogP contribution in [-0.2, 0) is 9.84 Å². The third kappa shape index (κ3) is 2.76. The van der Waals surface area contributed by atoms with E-state index in [0.29, 0.717) is 12.8 Å². The van der Waals surface area contributed by atoms with Gasteiger partial charge in [0.1, 0.15) is 11.4 Å². The largest absolute Gasteiger partial charge is 0.383 e. The summed E-state index contributed by atoms with van der Waals surface area (Å²) in [6.45, 7) is 0. The number of H-pyrrole nitrogens is 1. The van der Waals surface area contributed by atoms with Gasteiger partial charge in [-0.3, -0.25) is 9.89 Å². The van der Waals surface area contributed by atoms with Gasteiger partial charge in [0, 0.05) is 6.04 Å². The zero-order valence-electron chi connectivity index (χ0n) is 9.14. The summed E-state index contributed by atoms with van der Waals surface area (Å²) >= 11 is 0. The standard InChI is InChI=1S/C9H14N4O3S/c10-8-7(4-11-13-8)9(14)12-6-2-1-3-17(15,16)5-6/h4,6H,1-3,5H2,(H,12,14)(H3,10,11,13). The monoisotopic (exact) mass is 258 g/mol. The van der Waals surface area contributed by atoms with Gasteiger partial charge in [-0.15, -0.1) is 0 Å². The molecule has 0 spiro atoms. The van der Waals surface area contributed by atoms with Gasteiger partial charge in [-0.1, -0.05) is 0 Å². The summed E-state index contributed by atoms with van der Waals surface area (Å²) in [4.78, 5) is 11.8. The summed E-state index contributed by atoms with van der Waals surface area (Å²) in [6, 6.07) is -0.337. The fourth-order valence-electron chi connectivity index (χ4n) is 1.88. The van der Waals surface area contributed by atoms with Gasteiger partial charge >= 0.3 is 0 Å². The number of nitrogens with two attached hydrogens (primary N) is 1. The van der Waals surface area contributed by atoms with Crippen molar-refractivity contribution in [2.45, 2.75) is 18.9 Å². The van der Waals surface area contributed by atoms with Crippen LogP contribution >= 0.6 is 0 Å². The van der Waals surface area contributed by atoms with Crippen molar-refractivity contribution in [2.24, 2.45) is 0 Å².